The molecule has 2 aliphatic heterocycles. The highest BCUT2D eigenvalue weighted by molar-refractivity contribution is 5.85. The van der Waals surface area contributed by atoms with Crippen molar-refractivity contribution >= 4 is 11.8 Å². The van der Waals surface area contributed by atoms with Crippen LogP contribution in [0.25, 0.3) is 0 Å². The average molecular weight is 385 g/mol. The molecule has 160 valence electrons. The summed E-state index contributed by atoms with van der Waals surface area (Å²) in [6.07, 6.45) is 6.35. The normalized spacial score (nSPS) is 22.0. The molecular formula is C21H44N4O2. The van der Waals surface area contributed by atoms with E-state index in [1.807, 2.05) is 53.5 Å². The van der Waals surface area contributed by atoms with Gasteiger partial charge >= 0.3 is 0 Å². The Kier molecular flexibility index (Phi) is 14.2. The van der Waals surface area contributed by atoms with Crippen LogP contribution in [0.2, 0.25) is 0 Å². The number of piperazine rings is 2. The Morgan fingerprint density at radius 2 is 1.15 bits per heavy atom. The Morgan fingerprint density at radius 3 is 1.63 bits per heavy atom. The average Bonchev–Trinajstić information content (AvgIpc) is 2.74. The van der Waals surface area contributed by atoms with Crippen LogP contribution in [-0.2, 0) is 9.59 Å². The number of nitrogens with zero attached hydrogens (tertiary/aromatic N) is 4. The van der Waals surface area contributed by atoms with Gasteiger partial charge in [-0.25, -0.2) is 10.0 Å². The summed E-state index contributed by atoms with van der Waals surface area (Å²) in [5, 5.41) is 3.36. The molecule has 1 saturated carbocycles. The van der Waals surface area contributed by atoms with Crippen LogP contribution in [0.1, 0.15) is 73.6 Å². The molecule has 3 fully saturated rings. The second-order valence-electron chi connectivity index (χ2n) is 6.53. The van der Waals surface area contributed by atoms with E-state index in [1.165, 1.54) is 32.1 Å². The van der Waals surface area contributed by atoms with Crippen molar-refractivity contribution in [1.82, 2.24) is 19.8 Å². The fraction of sp³-hybridized carbons (Fsp3) is 0.905. The van der Waals surface area contributed by atoms with Gasteiger partial charge in [0.2, 0.25) is 0 Å². The van der Waals surface area contributed by atoms with Crippen molar-refractivity contribution in [2.75, 3.05) is 46.3 Å². The molecule has 1 aliphatic carbocycles. The van der Waals surface area contributed by atoms with E-state index in [4.69, 9.17) is 0 Å². The highest BCUT2D eigenvalue weighted by Gasteiger charge is 2.35. The molecule has 2 amide bonds. The summed E-state index contributed by atoms with van der Waals surface area (Å²) in [5.74, 6) is 0.132. The van der Waals surface area contributed by atoms with Crippen LogP contribution in [0, 0.1) is 0 Å². The number of carbonyl (C=O) groups excluding carboxylic acids is 2. The highest BCUT2D eigenvalue weighted by Crippen LogP contribution is 2.24. The first-order valence-electron chi connectivity index (χ1n) is 11.2. The number of rotatable bonds is 2. The van der Waals surface area contributed by atoms with Crippen LogP contribution < -0.4 is 0 Å². The molecule has 0 unspecified atom stereocenters. The van der Waals surface area contributed by atoms with Gasteiger partial charge < -0.3 is 0 Å². The SMILES string of the molecule is CC.CC.CC.CN1CCN(N2CCN(C3CCCCC3)CC2=O)C(=O)C1. The third-order valence-corrected chi connectivity index (χ3v) is 4.99. The maximum atomic E-state index is 12.5. The lowest BCUT2D eigenvalue weighted by Crippen LogP contribution is -2.63. The first-order valence-corrected chi connectivity index (χ1v) is 11.2. The number of hydrazine groups is 1. The minimum absolute atomic E-state index is 0.0446. The van der Waals surface area contributed by atoms with Gasteiger partial charge in [-0.05, 0) is 19.9 Å². The van der Waals surface area contributed by atoms with Crippen LogP contribution in [0.15, 0.2) is 0 Å². The summed E-state index contributed by atoms with van der Waals surface area (Å²) < 4.78 is 0. The Hall–Kier alpha value is -1.14. The zero-order chi connectivity index (χ0) is 20.8. The summed E-state index contributed by atoms with van der Waals surface area (Å²) in [4.78, 5) is 28.9. The fourth-order valence-corrected chi connectivity index (χ4v) is 3.73. The molecular weight excluding hydrogens is 340 g/mol. The number of amides is 2. The van der Waals surface area contributed by atoms with E-state index >= 15 is 0 Å². The largest absolute Gasteiger partial charge is 0.296 e. The lowest BCUT2D eigenvalue weighted by molar-refractivity contribution is -0.174. The third-order valence-electron chi connectivity index (χ3n) is 4.99. The summed E-state index contributed by atoms with van der Waals surface area (Å²) in [5.41, 5.74) is 0. The second-order valence-corrected chi connectivity index (χ2v) is 6.53. The standard InChI is InChI=1S/C15H26N4O2.3C2H6/c1-16-7-9-18(14(20)11-16)19-10-8-17(12-15(19)21)13-5-3-2-4-6-13;3*1-2/h13H,2-12H2,1H3;3*1-2H3. The Labute approximate surface area is 167 Å². The molecule has 2 saturated heterocycles. The van der Waals surface area contributed by atoms with E-state index in [2.05, 4.69) is 4.90 Å². The van der Waals surface area contributed by atoms with Gasteiger partial charge in [-0.1, -0.05) is 60.8 Å². The second kappa shape index (κ2) is 14.9. The lowest BCUT2D eigenvalue weighted by Gasteiger charge is -2.45. The lowest BCUT2D eigenvalue weighted by atomic mass is 9.94. The van der Waals surface area contributed by atoms with Gasteiger partial charge in [0.05, 0.1) is 26.2 Å². The van der Waals surface area contributed by atoms with Gasteiger partial charge in [0.1, 0.15) is 0 Å². The van der Waals surface area contributed by atoms with E-state index in [1.54, 1.807) is 10.0 Å². The number of likely N-dealkylation sites (N-methyl/N-ethyl adjacent to an activating group) is 1. The van der Waals surface area contributed by atoms with Gasteiger partial charge in [-0.2, -0.15) is 0 Å². The molecule has 0 radical (unpaired) electrons. The van der Waals surface area contributed by atoms with Crippen LogP contribution in [0.3, 0.4) is 0 Å². The molecule has 0 N–H and O–H groups in total. The fourth-order valence-electron chi connectivity index (χ4n) is 3.73. The van der Waals surface area contributed by atoms with Crippen molar-refractivity contribution < 1.29 is 9.59 Å². The molecule has 0 aromatic heterocycles. The van der Waals surface area contributed by atoms with Crippen molar-refractivity contribution in [3.05, 3.63) is 0 Å². The van der Waals surface area contributed by atoms with Crippen LogP contribution in [-0.4, -0.2) is 84.0 Å². The molecule has 6 nitrogen and oxygen atoms in total. The Bertz CT molecular complexity index is 411. The Balaban J connectivity index is 0.00000103. The summed E-state index contributed by atoms with van der Waals surface area (Å²) in [6.45, 7) is 15.9. The van der Waals surface area contributed by atoms with E-state index in [0.29, 0.717) is 32.2 Å². The van der Waals surface area contributed by atoms with Crippen molar-refractivity contribution in [2.45, 2.75) is 79.7 Å². The van der Waals surface area contributed by atoms with Crippen molar-refractivity contribution in [3.8, 4) is 0 Å². The minimum Gasteiger partial charge on any atom is -0.296 e. The molecule has 0 spiro atoms. The predicted molar refractivity (Wildman–Crippen MR) is 113 cm³/mol. The molecule has 0 bridgehead atoms. The molecule has 6 heteroatoms. The topological polar surface area (TPSA) is 47.1 Å². The van der Waals surface area contributed by atoms with E-state index < -0.39 is 0 Å². The van der Waals surface area contributed by atoms with Crippen molar-refractivity contribution in [2.24, 2.45) is 0 Å². The van der Waals surface area contributed by atoms with E-state index in [-0.39, 0.29) is 11.8 Å². The zero-order valence-corrected chi connectivity index (χ0v) is 19.0. The van der Waals surface area contributed by atoms with E-state index in [0.717, 1.165) is 13.1 Å². The maximum Gasteiger partial charge on any atom is 0.255 e. The minimum atomic E-state index is 0.0446. The third kappa shape index (κ3) is 7.78. The zero-order valence-electron chi connectivity index (χ0n) is 19.0. The van der Waals surface area contributed by atoms with Crippen LogP contribution >= 0.6 is 0 Å². The maximum absolute atomic E-state index is 12.5. The smallest absolute Gasteiger partial charge is 0.255 e. The Morgan fingerprint density at radius 1 is 0.667 bits per heavy atom. The molecule has 0 aromatic rings. The van der Waals surface area contributed by atoms with Crippen molar-refractivity contribution in [1.29, 1.82) is 0 Å². The van der Waals surface area contributed by atoms with Gasteiger partial charge in [-0.15, -0.1) is 0 Å². The monoisotopic (exact) mass is 384 g/mol. The highest BCUT2D eigenvalue weighted by atomic mass is 16.2. The number of hydrogen-bond donors (Lipinski definition) is 0. The van der Waals surface area contributed by atoms with Crippen LogP contribution in [0.5, 0.6) is 0 Å². The van der Waals surface area contributed by atoms with Crippen molar-refractivity contribution in [3.63, 3.8) is 0 Å². The molecule has 3 rings (SSSR count). The van der Waals surface area contributed by atoms with Gasteiger partial charge in [0.15, 0.2) is 0 Å². The van der Waals surface area contributed by atoms with Crippen LogP contribution in [0.4, 0.5) is 0 Å². The molecule has 27 heavy (non-hydrogen) atoms. The molecule has 0 atom stereocenters. The predicted octanol–water partition coefficient (Wildman–Crippen LogP) is 3.23. The first kappa shape index (κ1) is 25.9. The van der Waals surface area contributed by atoms with Gasteiger partial charge in [0, 0.05) is 19.1 Å². The molecule has 3 aliphatic rings. The van der Waals surface area contributed by atoms with E-state index in [9.17, 15) is 9.59 Å². The number of carbonyl (C=O) groups is 2. The summed E-state index contributed by atoms with van der Waals surface area (Å²) in [6, 6.07) is 0.577. The van der Waals surface area contributed by atoms with Gasteiger partial charge in [0.25, 0.3) is 11.8 Å². The summed E-state index contributed by atoms with van der Waals surface area (Å²) >= 11 is 0. The number of hydrogen-bond acceptors (Lipinski definition) is 4. The molecule has 2 heterocycles. The first-order chi connectivity index (χ1) is 13.1. The quantitative estimate of drug-likeness (QED) is 0.733. The molecule has 0 aromatic carbocycles. The van der Waals surface area contributed by atoms with Gasteiger partial charge in [-0.3, -0.25) is 19.4 Å². The summed E-state index contributed by atoms with van der Waals surface area (Å²) in [7, 11) is 1.94.